The van der Waals surface area contributed by atoms with Gasteiger partial charge in [0.05, 0.1) is 12.2 Å². The van der Waals surface area contributed by atoms with Crippen LogP contribution >= 0.6 is 0 Å². The van der Waals surface area contributed by atoms with E-state index >= 15 is 0 Å². The normalized spacial score (nSPS) is 12.6. The van der Waals surface area contributed by atoms with Gasteiger partial charge in [-0.15, -0.1) is 0 Å². The van der Waals surface area contributed by atoms with Gasteiger partial charge in [-0.05, 0) is 37.1 Å². The van der Waals surface area contributed by atoms with Crippen molar-refractivity contribution in [3.8, 4) is 17.0 Å². The molecule has 3 rings (SSSR count). The Morgan fingerprint density at radius 3 is 2.47 bits per heavy atom. The predicted octanol–water partition coefficient (Wildman–Crippen LogP) is 3.99. The number of benzene rings is 2. The lowest BCUT2D eigenvalue weighted by Crippen LogP contribution is -2.36. The van der Waals surface area contributed by atoms with E-state index in [2.05, 4.69) is 5.10 Å². The molecule has 8 heteroatoms. The zero-order valence-corrected chi connectivity index (χ0v) is 16.5. The first-order valence-corrected chi connectivity index (χ1v) is 9.28. The minimum Gasteiger partial charge on any atom is -0.491 e. The molecule has 1 N–H and O–H groups in total. The lowest BCUT2D eigenvalue weighted by atomic mass is 10.1. The van der Waals surface area contributed by atoms with Gasteiger partial charge >= 0.3 is 6.18 Å². The molecular formula is C22H21F3N2O3. The summed E-state index contributed by atoms with van der Waals surface area (Å²) in [7, 11) is 0. The molecule has 2 aromatic carbocycles. The summed E-state index contributed by atoms with van der Waals surface area (Å²) in [6, 6.07) is 14.5. The van der Waals surface area contributed by atoms with Crippen molar-refractivity contribution in [2.24, 2.45) is 0 Å². The maximum atomic E-state index is 13.4. The molecule has 1 heterocycles. The van der Waals surface area contributed by atoms with E-state index in [0.717, 1.165) is 17.2 Å². The van der Waals surface area contributed by atoms with E-state index in [4.69, 9.17) is 4.74 Å². The third-order valence-electron chi connectivity index (χ3n) is 4.51. The lowest BCUT2D eigenvalue weighted by Gasteiger charge is -2.17. The van der Waals surface area contributed by atoms with E-state index < -0.39 is 29.9 Å². The standard InChI is InChI=1S/C22H21F3N2O3/c1-14-8-9-15(2)20(10-14)30-13-17(28)12-27-21(29)18(22(23,24)25)11-19(26-27)16-6-4-3-5-7-16/h3-11,17,28H,12-13H2,1-2H3. The Balaban J connectivity index is 1.87. The fourth-order valence-corrected chi connectivity index (χ4v) is 2.92. The van der Waals surface area contributed by atoms with Crippen molar-refractivity contribution < 1.29 is 23.0 Å². The monoisotopic (exact) mass is 418 g/mol. The summed E-state index contributed by atoms with van der Waals surface area (Å²) in [5, 5.41) is 14.3. The van der Waals surface area contributed by atoms with Crippen molar-refractivity contribution in [2.45, 2.75) is 32.7 Å². The second-order valence-electron chi connectivity index (χ2n) is 7.03. The van der Waals surface area contributed by atoms with E-state index in [9.17, 15) is 23.1 Å². The molecule has 1 atom stereocenters. The molecule has 3 aromatic rings. The number of nitrogens with zero attached hydrogens (tertiary/aromatic N) is 2. The number of aryl methyl sites for hydroxylation is 2. The highest BCUT2D eigenvalue weighted by Crippen LogP contribution is 2.29. The van der Waals surface area contributed by atoms with Gasteiger partial charge in [-0.1, -0.05) is 42.5 Å². The van der Waals surface area contributed by atoms with Gasteiger partial charge in [0, 0.05) is 5.56 Å². The van der Waals surface area contributed by atoms with Crippen molar-refractivity contribution in [3.63, 3.8) is 0 Å². The topological polar surface area (TPSA) is 64.3 Å². The number of ether oxygens (including phenoxy) is 1. The molecule has 1 aromatic heterocycles. The van der Waals surface area contributed by atoms with Gasteiger partial charge in [-0.2, -0.15) is 18.3 Å². The zero-order valence-electron chi connectivity index (χ0n) is 16.5. The van der Waals surface area contributed by atoms with Crippen molar-refractivity contribution in [1.82, 2.24) is 9.78 Å². The maximum absolute atomic E-state index is 13.4. The fraction of sp³-hybridized carbons (Fsp3) is 0.273. The molecule has 1 unspecified atom stereocenters. The number of hydrogen-bond acceptors (Lipinski definition) is 4. The Morgan fingerprint density at radius 2 is 1.80 bits per heavy atom. The van der Waals surface area contributed by atoms with E-state index in [0.29, 0.717) is 16.0 Å². The van der Waals surface area contributed by atoms with Crippen molar-refractivity contribution in [1.29, 1.82) is 0 Å². The largest absolute Gasteiger partial charge is 0.491 e. The summed E-state index contributed by atoms with van der Waals surface area (Å²) in [6.07, 6.45) is -6.08. The molecule has 0 aliphatic heterocycles. The van der Waals surface area contributed by atoms with Crippen LogP contribution in [0.1, 0.15) is 16.7 Å². The average molecular weight is 418 g/mol. The maximum Gasteiger partial charge on any atom is 0.421 e. The zero-order chi connectivity index (χ0) is 21.9. The third-order valence-corrected chi connectivity index (χ3v) is 4.51. The molecule has 0 spiro atoms. The summed E-state index contributed by atoms with van der Waals surface area (Å²) in [6.45, 7) is 3.09. The molecule has 0 amide bonds. The van der Waals surface area contributed by atoms with Crippen LogP contribution in [0.15, 0.2) is 59.4 Å². The van der Waals surface area contributed by atoms with Crippen LogP contribution in [0, 0.1) is 13.8 Å². The minimum atomic E-state index is -4.84. The van der Waals surface area contributed by atoms with Gasteiger partial charge in [0.25, 0.3) is 5.56 Å². The molecule has 0 fully saturated rings. The van der Waals surface area contributed by atoms with Crippen LogP contribution < -0.4 is 10.3 Å². The van der Waals surface area contributed by atoms with Crippen LogP contribution in [-0.2, 0) is 12.7 Å². The van der Waals surface area contributed by atoms with Gasteiger partial charge in [-0.3, -0.25) is 4.79 Å². The number of rotatable bonds is 6. The first-order valence-electron chi connectivity index (χ1n) is 9.28. The van der Waals surface area contributed by atoms with Gasteiger partial charge in [-0.25, -0.2) is 4.68 Å². The van der Waals surface area contributed by atoms with Crippen LogP contribution in [0.4, 0.5) is 13.2 Å². The Labute approximate surface area is 171 Å². The summed E-state index contributed by atoms with van der Waals surface area (Å²) in [5.74, 6) is 0.559. The van der Waals surface area contributed by atoms with Crippen LogP contribution in [0.25, 0.3) is 11.3 Å². The van der Waals surface area contributed by atoms with E-state index in [1.54, 1.807) is 36.4 Å². The lowest BCUT2D eigenvalue weighted by molar-refractivity contribution is -0.139. The third kappa shape index (κ3) is 5.07. The van der Waals surface area contributed by atoms with Crippen LogP contribution in [0.3, 0.4) is 0 Å². The van der Waals surface area contributed by atoms with E-state index in [1.807, 2.05) is 26.0 Å². The van der Waals surface area contributed by atoms with Crippen LogP contribution in [0.2, 0.25) is 0 Å². The highest BCUT2D eigenvalue weighted by Gasteiger charge is 2.35. The number of hydrogen-bond donors (Lipinski definition) is 1. The van der Waals surface area contributed by atoms with Gasteiger partial charge in [0.1, 0.15) is 24.0 Å². The van der Waals surface area contributed by atoms with Crippen molar-refractivity contribution in [3.05, 3.63) is 81.6 Å². The van der Waals surface area contributed by atoms with E-state index in [-0.39, 0.29) is 12.3 Å². The molecule has 158 valence electrons. The second kappa shape index (κ2) is 8.71. The summed E-state index contributed by atoms with van der Waals surface area (Å²) < 4.78 is 46.4. The number of aliphatic hydroxyl groups excluding tert-OH is 1. The molecule has 30 heavy (non-hydrogen) atoms. The SMILES string of the molecule is Cc1ccc(C)c(OCC(O)Cn2nc(-c3ccccc3)cc(C(F)(F)F)c2=O)c1. The first-order chi connectivity index (χ1) is 14.1. The van der Waals surface area contributed by atoms with Crippen LogP contribution in [0.5, 0.6) is 5.75 Å². The summed E-state index contributed by atoms with van der Waals surface area (Å²) >= 11 is 0. The van der Waals surface area contributed by atoms with E-state index in [1.165, 1.54) is 0 Å². The molecule has 0 aliphatic rings. The predicted molar refractivity (Wildman–Crippen MR) is 106 cm³/mol. The summed E-state index contributed by atoms with van der Waals surface area (Å²) in [4.78, 5) is 12.3. The molecular weight excluding hydrogens is 397 g/mol. The number of halogens is 3. The Hall–Kier alpha value is -3.13. The molecule has 0 aliphatic carbocycles. The Bertz CT molecular complexity index is 1080. The molecule has 0 radical (unpaired) electrons. The number of alkyl halides is 3. The van der Waals surface area contributed by atoms with Gasteiger partial charge < -0.3 is 9.84 Å². The number of aromatic nitrogens is 2. The molecule has 5 nitrogen and oxygen atoms in total. The quantitative estimate of drug-likeness (QED) is 0.658. The van der Waals surface area contributed by atoms with Gasteiger partial charge in [0.15, 0.2) is 0 Å². The van der Waals surface area contributed by atoms with Gasteiger partial charge in [0.2, 0.25) is 0 Å². The highest BCUT2D eigenvalue weighted by atomic mass is 19.4. The minimum absolute atomic E-state index is 0.00910. The second-order valence-corrected chi connectivity index (χ2v) is 7.03. The fourth-order valence-electron chi connectivity index (χ4n) is 2.92. The average Bonchev–Trinajstić information content (AvgIpc) is 2.70. The van der Waals surface area contributed by atoms with Crippen molar-refractivity contribution in [2.75, 3.05) is 6.61 Å². The van der Waals surface area contributed by atoms with Crippen LogP contribution in [-0.4, -0.2) is 27.6 Å². The highest BCUT2D eigenvalue weighted by molar-refractivity contribution is 5.59. The smallest absolute Gasteiger partial charge is 0.421 e. The molecule has 0 saturated heterocycles. The molecule has 0 bridgehead atoms. The Kier molecular flexibility index (Phi) is 6.26. The number of aliphatic hydroxyl groups is 1. The van der Waals surface area contributed by atoms with Crippen molar-refractivity contribution >= 4 is 0 Å². The Morgan fingerprint density at radius 1 is 1.10 bits per heavy atom. The first kappa shape index (κ1) is 21.6. The molecule has 0 saturated carbocycles. The summed E-state index contributed by atoms with van der Waals surface area (Å²) in [5.41, 5.74) is -0.406.